The molecule has 2 N–H and O–H groups in total. The molecule has 2 aliphatic heterocycles. The molecule has 0 aliphatic carbocycles. The topological polar surface area (TPSA) is 277 Å². The molecule has 0 saturated carbocycles. The third-order valence-electron chi connectivity index (χ3n) is 8.28. The molecule has 22 nitrogen and oxygen atoms in total. The Morgan fingerprint density at radius 1 is 0.610 bits per heavy atom. The van der Waals surface area contributed by atoms with Crippen LogP contribution >= 0.6 is 0 Å². The maximum Gasteiger partial charge on any atom is 0.412 e. The van der Waals surface area contributed by atoms with E-state index in [4.69, 9.17) is 62.6 Å². The Balaban J connectivity index is 2.29. The van der Waals surface area contributed by atoms with Crippen molar-refractivity contribution in [3.63, 3.8) is 0 Å². The summed E-state index contributed by atoms with van der Waals surface area (Å²) in [5, 5.41) is 0. The highest BCUT2D eigenvalue weighted by Crippen LogP contribution is 2.36. The van der Waals surface area contributed by atoms with E-state index in [9.17, 15) is 38.4 Å². The van der Waals surface area contributed by atoms with E-state index in [1.54, 1.807) is 37.3 Å². The molecule has 0 aromatic heterocycles. The van der Waals surface area contributed by atoms with Gasteiger partial charge >= 0.3 is 48.0 Å². The molecule has 1 aromatic carbocycles. The predicted octanol–water partition coefficient (Wildman–Crippen LogP) is 0.814. The SMILES string of the molecule is CCOCCN(C(=O)OCc1ccccc1)[C@H]1O[C@@H](COC(C)=O)[C@@H](OC(C)=O)[C@H](OC(C)=O)[C@@H]1O[C@H]1O[C@H](COC(C)=O)[C@@H](OC(C)=O)[C@@H](OC(N)=O)[C@@H]1OC(C)=O. The molecule has 2 aliphatic rings. The zero-order chi connectivity index (χ0) is 43.8. The van der Waals surface area contributed by atoms with Gasteiger partial charge in [-0.05, 0) is 12.5 Å². The molecular weight excluding hydrogens is 792 g/mol. The third-order valence-corrected chi connectivity index (χ3v) is 8.28. The highest BCUT2D eigenvalue weighted by atomic mass is 16.8. The van der Waals surface area contributed by atoms with Crippen LogP contribution in [0.2, 0.25) is 0 Å². The minimum absolute atomic E-state index is 0.122. The first kappa shape index (κ1) is 47.8. The lowest BCUT2D eigenvalue weighted by atomic mass is 9.95. The minimum Gasteiger partial charge on any atom is -0.463 e. The van der Waals surface area contributed by atoms with Gasteiger partial charge in [0.25, 0.3) is 0 Å². The molecule has 1 aromatic rings. The largest absolute Gasteiger partial charge is 0.463 e. The van der Waals surface area contributed by atoms with Crippen LogP contribution in [0, 0.1) is 0 Å². The van der Waals surface area contributed by atoms with E-state index in [1.165, 1.54) is 0 Å². The number of carbonyl (C=O) groups is 8. The molecule has 2 fully saturated rings. The van der Waals surface area contributed by atoms with Gasteiger partial charge in [0.2, 0.25) is 0 Å². The van der Waals surface area contributed by atoms with Gasteiger partial charge in [-0.2, -0.15) is 0 Å². The highest BCUT2D eigenvalue weighted by Gasteiger charge is 2.59. The Morgan fingerprint density at radius 3 is 1.59 bits per heavy atom. The summed E-state index contributed by atoms with van der Waals surface area (Å²) in [5.41, 5.74) is 6.00. The second-order valence-corrected chi connectivity index (χ2v) is 12.9. The van der Waals surface area contributed by atoms with Crippen LogP contribution in [0.3, 0.4) is 0 Å². The van der Waals surface area contributed by atoms with Gasteiger partial charge in [0.05, 0.1) is 13.2 Å². The molecule has 2 amide bonds. The van der Waals surface area contributed by atoms with E-state index in [-0.39, 0.29) is 26.4 Å². The van der Waals surface area contributed by atoms with Gasteiger partial charge < -0.3 is 62.6 Å². The van der Waals surface area contributed by atoms with Crippen molar-refractivity contribution >= 4 is 48.0 Å². The molecule has 2 heterocycles. The number of ether oxygens (including phenoxy) is 12. The fraction of sp³-hybridized carbons (Fsp3) is 0.622. The lowest BCUT2D eigenvalue weighted by Crippen LogP contribution is -2.69. The quantitative estimate of drug-likeness (QED) is 0.122. The molecule has 3 rings (SSSR count). The van der Waals surface area contributed by atoms with Gasteiger partial charge in [-0.3, -0.25) is 33.7 Å². The lowest BCUT2D eigenvalue weighted by Gasteiger charge is -2.50. The molecule has 22 heteroatoms. The summed E-state index contributed by atoms with van der Waals surface area (Å²) in [5.74, 6) is -5.38. The molecule has 0 spiro atoms. The second kappa shape index (κ2) is 23.1. The molecule has 328 valence electrons. The molecule has 10 atom stereocenters. The number of carbonyl (C=O) groups excluding carboxylic acids is 8. The van der Waals surface area contributed by atoms with Crippen LogP contribution in [0.4, 0.5) is 9.59 Å². The van der Waals surface area contributed by atoms with Gasteiger partial charge in [-0.15, -0.1) is 0 Å². The van der Waals surface area contributed by atoms with E-state index in [2.05, 4.69) is 0 Å². The maximum atomic E-state index is 14.1. The van der Waals surface area contributed by atoms with Gasteiger partial charge in [-0.25, -0.2) is 9.59 Å². The molecule has 0 radical (unpaired) electrons. The average molecular weight is 843 g/mol. The van der Waals surface area contributed by atoms with Crippen LogP contribution < -0.4 is 5.73 Å². The zero-order valence-corrected chi connectivity index (χ0v) is 33.6. The molecule has 59 heavy (non-hydrogen) atoms. The third kappa shape index (κ3) is 14.9. The van der Waals surface area contributed by atoms with E-state index in [1.807, 2.05) is 0 Å². The molecule has 0 bridgehead atoms. The summed E-state index contributed by atoms with van der Waals surface area (Å²) in [6.07, 6.45) is -19.7. The number of nitrogens with zero attached hydrogens (tertiary/aromatic N) is 1. The summed E-state index contributed by atoms with van der Waals surface area (Å²) in [4.78, 5) is 102. The average Bonchev–Trinajstić information content (AvgIpc) is 3.14. The van der Waals surface area contributed by atoms with Crippen molar-refractivity contribution in [2.75, 3.05) is 33.0 Å². The van der Waals surface area contributed by atoms with Crippen molar-refractivity contribution in [3.8, 4) is 0 Å². The van der Waals surface area contributed by atoms with E-state index in [0.29, 0.717) is 5.56 Å². The van der Waals surface area contributed by atoms with Crippen LogP contribution in [-0.2, 0) is 92.2 Å². The first-order valence-electron chi connectivity index (χ1n) is 18.3. The number of amides is 2. The van der Waals surface area contributed by atoms with E-state index >= 15 is 0 Å². The van der Waals surface area contributed by atoms with Crippen molar-refractivity contribution in [2.45, 2.75) is 116 Å². The monoisotopic (exact) mass is 842 g/mol. The molecule has 0 unspecified atom stereocenters. The zero-order valence-electron chi connectivity index (χ0n) is 33.6. The standard InChI is InChI=1S/C37H50N2O20/c1-8-48-15-14-39(37(47)51-16-25-12-10-9-11-13-25)34-32(30(54-23(6)44)28(52-21(4)42)26(56-34)17-49-19(2)40)58-35-33(55-24(7)45)31(59-36(38)46)29(53-22(5)43)27(57-35)18-50-20(3)41/h9-13,26-35H,8,14-18H2,1-7H3,(H2,38,46)/t26-,27+,28+,29+,30-,31+,32-,33-,34-,35+/m0/s1. The second-order valence-electron chi connectivity index (χ2n) is 12.9. The Bertz CT molecular complexity index is 1630. The van der Waals surface area contributed by atoms with E-state index < -0.39 is 123 Å². The van der Waals surface area contributed by atoms with Crippen LogP contribution in [0.5, 0.6) is 0 Å². The summed E-state index contributed by atoms with van der Waals surface area (Å²) in [7, 11) is 0. The smallest absolute Gasteiger partial charge is 0.412 e. The van der Waals surface area contributed by atoms with Crippen molar-refractivity contribution in [1.29, 1.82) is 0 Å². The maximum absolute atomic E-state index is 14.1. The Morgan fingerprint density at radius 2 is 1.10 bits per heavy atom. The van der Waals surface area contributed by atoms with Crippen molar-refractivity contribution in [1.82, 2.24) is 4.90 Å². The van der Waals surface area contributed by atoms with Crippen molar-refractivity contribution in [2.24, 2.45) is 5.73 Å². The normalized spacial score (nSPS) is 26.2. The Hall–Kier alpha value is -5.58. The lowest BCUT2D eigenvalue weighted by molar-refractivity contribution is -0.352. The minimum atomic E-state index is -1.97. The number of benzene rings is 1. The van der Waals surface area contributed by atoms with Gasteiger partial charge in [0, 0.05) is 48.1 Å². The van der Waals surface area contributed by atoms with Gasteiger partial charge in [0.1, 0.15) is 38.1 Å². The van der Waals surface area contributed by atoms with Crippen LogP contribution in [0.1, 0.15) is 54.0 Å². The number of hydrogen-bond donors (Lipinski definition) is 1. The fourth-order valence-corrected chi connectivity index (χ4v) is 6.11. The highest BCUT2D eigenvalue weighted by molar-refractivity contribution is 5.70. The predicted molar refractivity (Wildman–Crippen MR) is 192 cm³/mol. The van der Waals surface area contributed by atoms with Crippen molar-refractivity contribution < 1.29 is 95.2 Å². The first-order chi connectivity index (χ1) is 27.9. The summed E-state index contributed by atoms with van der Waals surface area (Å²) < 4.78 is 68.0. The van der Waals surface area contributed by atoms with Crippen molar-refractivity contribution in [3.05, 3.63) is 35.9 Å². The van der Waals surface area contributed by atoms with Gasteiger partial charge in [0.15, 0.2) is 43.0 Å². The number of rotatable bonds is 18. The number of esters is 6. The number of hydrogen-bond acceptors (Lipinski definition) is 20. The fourth-order valence-electron chi connectivity index (χ4n) is 6.11. The van der Waals surface area contributed by atoms with Gasteiger partial charge in [-0.1, -0.05) is 30.3 Å². The summed E-state index contributed by atoms with van der Waals surface area (Å²) >= 11 is 0. The van der Waals surface area contributed by atoms with Crippen LogP contribution in [0.25, 0.3) is 0 Å². The summed E-state index contributed by atoms with van der Waals surface area (Å²) in [6, 6.07) is 8.61. The van der Waals surface area contributed by atoms with Crippen LogP contribution in [-0.4, -0.2) is 147 Å². The first-order valence-corrected chi connectivity index (χ1v) is 18.3. The van der Waals surface area contributed by atoms with Crippen LogP contribution in [0.15, 0.2) is 30.3 Å². The number of primary amides is 1. The summed E-state index contributed by atoms with van der Waals surface area (Å²) in [6.45, 7) is 6.22. The molecule has 2 saturated heterocycles. The Kier molecular flexibility index (Phi) is 18.7. The van der Waals surface area contributed by atoms with E-state index in [0.717, 1.165) is 46.4 Å². The number of nitrogens with two attached hydrogens (primary N) is 1. The Labute approximate surface area is 338 Å². The molecular formula is C37H50N2O20.